The highest BCUT2D eigenvalue weighted by Gasteiger charge is 2.19. The Kier molecular flexibility index (Phi) is 5.76. The van der Waals surface area contributed by atoms with E-state index in [1.165, 1.54) is 12.1 Å². The van der Waals surface area contributed by atoms with Crippen LogP contribution in [0, 0.1) is 11.7 Å². The molecular weight excluding hydrogens is 273 g/mol. The molecule has 0 saturated carbocycles. The average Bonchev–Trinajstić information content (AvgIpc) is 2.33. The third kappa shape index (κ3) is 4.52. The molecule has 0 aliphatic carbocycles. The van der Waals surface area contributed by atoms with Gasteiger partial charge in [-0.15, -0.1) is 0 Å². The van der Waals surface area contributed by atoms with E-state index in [1.807, 2.05) is 6.92 Å². The first-order chi connectivity index (χ1) is 8.95. The molecule has 1 rings (SSSR count). The molecule has 4 nitrogen and oxygen atoms in total. The summed E-state index contributed by atoms with van der Waals surface area (Å²) in [6.07, 6.45) is 1.15. The fourth-order valence-electron chi connectivity index (χ4n) is 1.65. The summed E-state index contributed by atoms with van der Waals surface area (Å²) in [5.41, 5.74) is -0.148. The number of carbonyl (C=O) groups is 2. The van der Waals surface area contributed by atoms with Crippen LogP contribution in [0.3, 0.4) is 0 Å². The lowest BCUT2D eigenvalue weighted by Gasteiger charge is -2.12. The Balaban J connectivity index is 2.66. The summed E-state index contributed by atoms with van der Waals surface area (Å²) in [6, 6.07) is 3.71. The number of nitrogens with one attached hydrogen (secondary N) is 1. The van der Waals surface area contributed by atoms with Crippen LogP contribution in [-0.2, 0) is 4.79 Å². The monoisotopic (exact) mass is 287 g/mol. The molecule has 104 valence electrons. The Morgan fingerprint density at radius 2 is 2.16 bits per heavy atom. The molecular formula is C13H15ClFNO3. The molecule has 2 N–H and O–H groups in total. The lowest BCUT2D eigenvalue weighted by Crippen LogP contribution is -2.33. The molecule has 0 bridgehead atoms. The van der Waals surface area contributed by atoms with E-state index in [0.29, 0.717) is 12.8 Å². The Hall–Kier alpha value is -1.62. The summed E-state index contributed by atoms with van der Waals surface area (Å²) in [4.78, 5) is 22.6. The molecule has 0 fully saturated rings. The summed E-state index contributed by atoms with van der Waals surface area (Å²) in [5, 5.41) is 11.6. The van der Waals surface area contributed by atoms with Crippen molar-refractivity contribution in [2.24, 2.45) is 5.92 Å². The van der Waals surface area contributed by atoms with Gasteiger partial charge >= 0.3 is 5.97 Å². The van der Waals surface area contributed by atoms with Crippen molar-refractivity contribution >= 4 is 23.5 Å². The molecule has 0 aliphatic rings. The number of carboxylic acids is 1. The molecule has 0 aromatic heterocycles. The van der Waals surface area contributed by atoms with Crippen molar-refractivity contribution in [1.82, 2.24) is 5.32 Å². The minimum absolute atomic E-state index is 0.0237. The number of benzene rings is 1. The SMILES string of the molecule is CCCC(CNC(=O)c1ccc(Cl)cc1F)C(=O)O. The average molecular weight is 288 g/mol. The van der Waals surface area contributed by atoms with Crippen LogP contribution in [0.4, 0.5) is 4.39 Å². The number of rotatable bonds is 6. The fraction of sp³-hybridized carbons (Fsp3) is 0.385. The van der Waals surface area contributed by atoms with Crippen molar-refractivity contribution in [1.29, 1.82) is 0 Å². The molecule has 0 heterocycles. The molecule has 0 aliphatic heterocycles. The van der Waals surface area contributed by atoms with E-state index in [9.17, 15) is 14.0 Å². The number of carboxylic acid groups (broad SMARTS) is 1. The molecule has 0 saturated heterocycles. The number of carbonyl (C=O) groups excluding carboxylic acids is 1. The maximum atomic E-state index is 13.5. The third-order valence-corrected chi connectivity index (χ3v) is 2.91. The molecule has 1 aromatic carbocycles. The molecule has 1 atom stereocenters. The van der Waals surface area contributed by atoms with Gasteiger partial charge in [-0.25, -0.2) is 4.39 Å². The smallest absolute Gasteiger partial charge is 0.308 e. The molecule has 1 amide bonds. The van der Waals surface area contributed by atoms with E-state index in [-0.39, 0.29) is 17.1 Å². The highest BCUT2D eigenvalue weighted by Crippen LogP contribution is 2.14. The van der Waals surface area contributed by atoms with Gasteiger partial charge in [0, 0.05) is 11.6 Å². The van der Waals surface area contributed by atoms with Crippen molar-refractivity contribution < 1.29 is 19.1 Å². The minimum atomic E-state index is -0.973. The highest BCUT2D eigenvalue weighted by molar-refractivity contribution is 6.30. The van der Waals surface area contributed by atoms with Gasteiger partial charge in [0.2, 0.25) is 0 Å². The summed E-state index contributed by atoms with van der Waals surface area (Å²) >= 11 is 5.58. The van der Waals surface area contributed by atoms with E-state index < -0.39 is 23.6 Å². The van der Waals surface area contributed by atoms with Crippen LogP contribution in [0.1, 0.15) is 30.1 Å². The van der Waals surface area contributed by atoms with Crippen LogP contribution in [0.2, 0.25) is 5.02 Å². The first-order valence-corrected chi connectivity index (χ1v) is 6.29. The highest BCUT2D eigenvalue weighted by atomic mass is 35.5. The van der Waals surface area contributed by atoms with E-state index in [2.05, 4.69) is 5.32 Å². The second-order valence-electron chi connectivity index (χ2n) is 4.16. The molecule has 1 aromatic rings. The predicted octanol–water partition coefficient (Wildman–Crippen LogP) is 2.71. The van der Waals surface area contributed by atoms with Crippen LogP contribution in [0.5, 0.6) is 0 Å². The maximum absolute atomic E-state index is 13.5. The quantitative estimate of drug-likeness (QED) is 0.845. The molecule has 0 spiro atoms. The number of aliphatic carboxylic acids is 1. The van der Waals surface area contributed by atoms with Gasteiger partial charge in [-0.2, -0.15) is 0 Å². The van der Waals surface area contributed by atoms with E-state index in [1.54, 1.807) is 0 Å². The number of amides is 1. The maximum Gasteiger partial charge on any atom is 0.308 e. The minimum Gasteiger partial charge on any atom is -0.481 e. The first kappa shape index (κ1) is 15.4. The summed E-state index contributed by atoms with van der Waals surface area (Å²) in [7, 11) is 0. The largest absolute Gasteiger partial charge is 0.481 e. The van der Waals surface area contributed by atoms with Crippen LogP contribution in [-0.4, -0.2) is 23.5 Å². The fourth-order valence-corrected chi connectivity index (χ4v) is 1.80. The molecule has 19 heavy (non-hydrogen) atoms. The summed E-state index contributed by atoms with van der Waals surface area (Å²) in [6.45, 7) is 1.83. The van der Waals surface area contributed by atoms with Crippen molar-refractivity contribution in [3.8, 4) is 0 Å². The van der Waals surface area contributed by atoms with E-state index in [4.69, 9.17) is 16.7 Å². The zero-order valence-corrected chi connectivity index (χ0v) is 11.2. The number of hydrogen-bond donors (Lipinski definition) is 2. The molecule has 1 unspecified atom stereocenters. The van der Waals surface area contributed by atoms with E-state index in [0.717, 1.165) is 6.07 Å². The van der Waals surface area contributed by atoms with Crippen molar-refractivity contribution in [2.75, 3.05) is 6.54 Å². The molecule has 0 radical (unpaired) electrons. The van der Waals surface area contributed by atoms with Crippen molar-refractivity contribution in [2.45, 2.75) is 19.8 Å². The van der Waals surface area contributed by atoms with Gasteiger partial charge in [0.15, 0.2) is 0 Å². The second kappa shape index (κ2) is 7.09. The van der Waals surface area contributed by atoms with Crippen LogP contribution in [0.15, 0.2) is 18.2 Å². The van der Waals surface area contributed by atoms with Gasteiger partial charge in [0.25, 0.3) is 5.91 Å². The summed E-state index contributed by atoms with van der Waals surface area (Å²) in [5.74, 6) is -3.01. The zero-order chi connectivity index (χ0) is 14.4. The first-order valence-electron chi connectivity index (χ1n) is 5.91. The van der Waals surface area contributed by atoms with Crippen molar-refractivity contribution in [3.63, 3.8) is 0 Å². The Morgan fingerprint density at radius 3 is 2.68 bits per heavy atom. The van der Waals surface area contributed by atoms with Crippen LogP contribution < -0.4 is 5.32 Å². The standard InChI is InChI=1S/C13H15ClFNO3/c1-2-3-8(13(18)19)7-16-12(17)10-5-4-9(14)6-11(10)15/h4-6,8H,2-3,7H2,1H3,(H,16,17)(H,18,19). The van der Waals surface area contributed by atoms with Gasteiger partial charge in [0.05, 0.1) is 11.5 Å². The lowest BCUT2D eigenvalue weighted by molar-refractivity contribution is -0.141. The zero-order valence-electron chi connectivity index (χ0n) is 10.5. The number of halogens is 2. The van der Waals surface area contributed by atoms with Crippen LogP contribution >= 0.6 is 11.6 Å². The lowest BCUT2D eigenvalue weighted by atomic mass is 10.0. The third-order valence-electron chi connectivity index (χ3n) is 2.67. The molecule has 6 heteroatoms. The topological polar surface area (TPSA) is 66.4 Å². The van der Waals surface area contributed by atoms with Gasteiger partial charge in [-0.05, 0) is 24.6 Å². The Labute approximate surface area is 115 Å². The summed E-state index contributed by atoms with van der Waals surface area (Å²) < 4.78 is 13.5. The van der Waals surface area contributed by atoms with Gasteiger partial charge in [-0.1, -0.05) is 24.9 Å². The second-order valence-corrected chi connectivity index (χ2v) is 4.59. The van der Waals surface area contributed by atoms with Gasteiger partial charge in [0.1, 0.15) is 5.82 Å². The van der Waals surface area contributed by atoms with Crippen LogP contribution in [0.25, 0.3) is 0 Å². The normalized spacial score (nSPS) is 11.9. The number of hydrogen-bond acceptors (Lipinski definition) is 2. The Bertz CT molecular complexity index is 479. The Morgan fingerprint density at radius 1 is 1.47 bits per heavy atom. The van der Waals surface area contributed by atoms with Gasteiger partial charge in [-0.3, -0.25) is 9.59 Å². The van der Waals surface area contributed by atoms with Crippen molar-refractivity contribution in [3.05, 3.63) is 34.6 Å². The predicted molar refractivity (Wildman–Crippen MR) is 69.8 cm³/mol. The van der Waals surface area contributed by atoms with E-state index >= 15 is 0 Å². The van der Waals surface area contributed by atoms with Gasteiger partial charge < -0.3 is 10.4 Å².